The minimum atomic E-state index is 0.352. The maximum absolute atomic E-state index is 5.77. The zero-order valence-electron chi connectivity index (χ0n) is 9.25. The molecule has 0 amide bonds. The largest absolute Gasteiger partial charge is 0.439 e. The third kappa shape index (κ3) is 2.24. The number of nitrogens with zero attached hydrogens (tertiary/aromatic N) is 3. The van der Waals surface area contributed by atoms with Crippen LogP contribution in [0.3, 0.4) is 0 Å². The molecular formula is C13H8ClN3O. The van der Waals surface area contributed by atoms with E-state index in [0.717, 1.165) is 10.8 Å². The lowest BCUT2D eigenvalue weighted by Gasteiger charge is -2.05. The molecule has 0 aliphatic rings. The van der Waals surface area contributed by atoms with E-state index in [0.29, 0.717) is 16.8 Å². The second kappa shape index (κ2) is 4.58. The molecule has 0 radical (unpaired) electrons. The topological polar surface area (TPSA) is 47.9 Å². The second-order valence-electron chi connectivity index (χ2n) is 3.67. The van der Waals surface area contributed by atoms with Crippen LogP contribution < -0.4 is 4.74 Å². The SMILES string of the molecule is Clc1cc(Oc2ccc3cnccc3c2)ncn1. The van der Waals surface area contributed by atoms with E-state index in [1.54, 1.807) is 18.5 Å². The van der Waals surface area contributed by atoms with E-state index >= 15 is 0 Å². The van der Waals surface area contributed by atoms with Gasteiger partial charge in [-0.05, 0) is 29.7 Å². The van der Waals surface area contributed by atoms with Gasteiger partial charge in [0.15, 0.2) is 0 Å². The lowest BCUT2D eigenvalue weighted by molar-refractivity contribution is 0.462. The first-order chi connectivity index (χ1) is 8.81. The first-order valence-corrected chi connectivity index (χ1v) is 5.68. The van der Waals surface area contributed by atoms with Crippen LogP contribution in [0.1, 0.15) is 0 Å². The molecule has 0 fully saturated rings. The summed E-state index contributed by atoms with van der Waals surface area (Å²) in [4.78, 5) is 11.8. The summed E-state index contributed by atoms with van der Waals surface area (Å²) >= 11 is 5.77. The Morgan fingerprint density at radius 1 is 1.00 bits per heavy atom. The number of benzene rings is 1. The minimum absolute atomic E-state index is 0.352. The van der Waals surface area contributed by atoms with E-state index in [4.69, 9.17) is 16.3 Å². The van der Waals surface area contributed by atoms with Gasteiger partial charge in [0.2, 0.25) is 5.88 Å². The molecule has 0 aliphatic carbocycles. The highest BCUT2D eigenvalue weighted by molar-refractivity contribution is 6.29. The van der Waals surface area contributed by atoms with Crippen molar-refractivity contribution in [2.75, 3.05) is 0 Å². The second-order valence-corrected chi connectivity index (χ2v) is 4.05. The van der Waals surface area contributed by atoms with E-state index in [2.05, 4.69) is 15.0 Å². The van der Waals surface area contributed by atoms with Crippen molar-refractivity contribution >= 4 is 22.4 Å². The number of pyridine rings is 1. The molecule has 0 N–H and O–H groups in total. The monoisotopic (exact) mass is 257 g/mol. The van der Waals surface area contributed by atoms with Gasteiger partial charge >= 0.3 is 0 Å². The average Bonchev–Trinajstić information content (AvgIpc) is 2.39. The van der Waals surface area contributed by atoms with Crippen LogP contribution in [-0.2, 0) is 0 Å². The van der Waals surface area contributed by atoms with Crippen LogP contribution >= 0.6 is 11.6 Å². The van der Waals surface area contributed by atoms with Gasteiger partial charge < -0.3 is 4.74 Å². The van der Waals surface area contributed by atoms with Crippen molar-refractivity contribution < 1.29 is 4.74 Å². The maximum atomic E-state index is 5.77. The van der Waals surface area contributed by atoms with Crippen molar-refractivity contribution in [1.82, 2.24) is 15.0 Å². The van der Waals surface area contributed by atoms with E-state index in [1.807, 2.05) is 24.3 Å². The highest BCUT2D eigenvalue weighted by atomic mass is 35.5. The number of rotatable bonds is 2. The Hall–Kier alpha value is -2.20. The highest BCUT2D eigenvalue weighted by Crippen LogP contribution is 2.24. The van der Waals surface area contributed by atoms with Crippen LogP contribution in [-0.4, -0.2) is 15.0 Å². The highest BCUT2D eigenvalue weighted by Gasteiger charge is 2.01. The van der Waals surface area contributed by atoms with Crippen LogP contribution in [0.25, 0.3) is 10.8 Å². The Bertz CT molecular complexity index is 702. The number of ether oxygens (including phenoxy) is 1. The molecule has 3 rings (SSSR count). The Balaban J connectivity index is 1.95. The molecule has 1 aromatic carbocycles. The van der Waals surface area contributed by atoms with Crippen molar-refractivity contribution in [1.29, 1.82) is 0 Å². The summed E-state index contributed by atoms with van der Waals surface area (Å²) in [5.41, 5.74) is 0. The third-order valence-electron chi connectivity index (χ3n) is 2.44. The molecule has 2 aromatic heterocycles. The fourth-order valence-electron chi connectivity index (χ4n) is 1.62. The lowest BCUT2D eigenvalue weighted by Crippen LogP contribution is -1.89. The molecule has 0 atom stereocenters. The van der Waals surface area contributed by atoms with E-state index in [9.17, 15) is 0 Å². The lowest BCUT2D eigenvalue weighted by atomic mass is 10.2. The molecule has 0 saturated carbocycles. The molecule has 0 unspecified atom stereocenters. The van der Waals surface area contributed by atoms with Crippen LogP contribution in [0, 0.1) is 0 Å². The number of halogens is 1. The van der Waals surface area contributed by atoms with Gasteiger partial charge in [-0.15, -0.1) is 0 Å². The number of hydrogen-bond acceptors (Lipinski definition) is 4. The molecule has 0 bridgehead atoms. The van der Waals surface area contributed by atoms with Crippen molar-refractivity contribution in [2.45, 2.75) is 0 Å². The Morgan fingerprint density at radius 2 is 1.94 bits per heavy atom. The molecule has 3 aromatic rings. The number of fused-ring (bicyclic) bond motifs is 1. The van der Waals surface area contributed by atoms with Gasteiger partial charge in [0, 0.05) is 23.8 Å². The summed E-state index contributed by atoms with van der Waals surface area (Å²) in [7, 11) is 0. The van der Waals surface area contributed by atoms with Gasteiger partial charge in [-0.25, -0.2) is 9.97 Å². The molecule has 0 spiro atoms. The summed E-state index contributed by atoms with van der Waals surface area (Å²) in [6, 6.07) is 9.22. The van der Waals surface area contributed by atoms with E-state index in [-0.39, 0.29) is 0 Å². The molecule has 0 saturated heterocycles. The number of hydrogen-bond donors (Lipinski definition) is 0. The fourth-order valence-corrected chi connectivity index (χ4v) is 1.76. The standard InChI is InChI=1S/C13H8ClN3O/c14-12-6-13(17-8-16-12)18-11-2-1-10-7-15-4-3-9(10)5-11/h1-8H. The van der Waals surface area contributed by atoms with Crippen molar-refractivity contribution in [3.05, 3.63) is 54.2 Å². The normalized spacial score (nSPS) is 10.5. The summed E-state index contributed by atoms with van der Waals surface area (Å²) < 4.78 is 5.61. The van der Waals surface area contributed by atoms with E-state index < -0.39 is 0 Å². The molecule has 88 valence electrons. The zero-order valence-corrected chi connectivity index (χ0v) is 10.0. The molecule has 5 heteroatoms. The predicted molar refractivity (Wildman–Crippen MR) is 68.9 cm³/mol. The maximum Gasteiger partial charge on any atom is 0.223 e. The molecule has 4 nitrogen and oxygen atoms in total. The van der Waals surface area contributed by atoms with Gasteiger partial charge in [-0.1, -0.05) is 11.6 Å². The van der Waals surface area contributed by atoms with Crippen LogP contribution in [0.4, 0.5) is 0 Å². The predicted octanol–water partition coefficient (Wildman–Crippen LogP) is 3.47. The smallest absolute Gasteiger partial charge is 0.223 e. The molecular weight excluding hydrogens is 250 g/mol. The molecule has 18 heavy (non-hydrogen) atoms. The van der Waals surface area contributed by atoms with Crippen molar-refractivity contribution in [3.63, 3.8) is 0 Å². The molecule has 0 aliphatic heterocycles. The summed E-state index contributed by atoms with van der Waals surface area (Å²) in [5.74, 6) is 1.12. The van der Waals surface area contributed by atoms with Gasteiger partial charge in [0.05, 0.1) is 0 Å². The minimum Gasteiger partial charge on any atom is -0.439 e. The Labute approximate surface area is 108 Å². The summed E-state index contributed by atoms with van der Waals surface area (Å²) in [6.45, 7) is 0. The van der Waals surface area contributed by atoms with Crippen molar-refractivity contribution in [2.24, 2.45) is 0 Å². The van der Waals surface area contributed by atoms with Crippen LogP contribution in [0.2, 0.25) is 5.15 Å². The average molecular weight is 258 g/mol. The quantitative estimate of drug-likeness (QED) is 0.660. The Morgan fingerprint density at radius 3 is 2.83 bits per heavy atom. The first-order valence-electron chi connectivity index (χ1n) is 5.30. The third-order valence-corrected chi connectivity index (χ3v) is 2.65. The van der Waals surface area contributed by atoms with Gasteiger partial charge in [0.25, 0.3) is 0 Å². The van der Waals surface area contributed by atoms with E-state index in [1.165, 1.54) is 6.33 Å². The zero-order chi connectivity index (χ0) is 12.4. The Kier molecular flexibility index (Phi) is 2.78. The summed E-state index contributed by atoms with van der Waals surface area (Å²) in [6.07, 6.45) is 4.91. The fraction of sp³-hybridized carbons (Fsp3) is 0. The van der Waals surface area contributed by atoms with Gasteiger partial charge in [0.1, 0.15) is 17.2 Å². The van der Waals surface area contributed by atoms with Gasteiger partial charge in [-0.2, -0.15) is 0 Å². The van der Waals surface area contributed by atoms with Gasteiger partial charge in [-0.3, -0.25) is 4.98 Å². The summed E-state index contributed by atoms with van der Waals surface area (Å²) in [5, 5.41) is 2.47. The van der Waals surface area contributed by atoms with Crippen LogP contribution in [0.5, 0.6) is 11.6 Å². The molecule has 2 heterocycles. The first kappa shape index (κ1) is 10.9. The van der Waals surface area contributed by atoms with Crippen LogP contribution in [0.15, 0.2) is 49.1 Å². The van der Waals surface area contributed by atoms with Crippen molar-refractivity contribution in [3.8, 4) is 11.6 Å². The number of aromatic nitrogens is 3.